The quantitative estimate of drug-likeness (QED) is 0.704. The summed E-state index contributed by atoms with van der Waals surface area (Å²) in [5.41, 5.74) is 5.40. The van der Waals surface area contributed by atoms with Gasteiger partial charge in [-0.1, -0.05) is 13.8 Å². The van der Waals surface area contributed by atoms with Crippen molar-refractivity contribution in [2.75, 3.05) is 5.73 Å². The van der Waals surface area contributed by atoms with Crippen LogP contribution in [-0.4, -0.2) is 9.36 Å². The van der Waals surface area contributed by atoms with E-state index in [9.17, 15) is 0 Å². The van der Waals surface area contributed by atoms with E-state index in [1.807, 2.05) is 0 Å². The summed E-state index contributed by atoms with van der Waals surface area (Å²) in [6.45, 7) is 4.27. The van der Waals surface area contributed by atoms with E-state index in [0.717, 1.165) is 12.2 Å². The van der Waals surface area contributed by atoms with Crippen molar-refractivity contribution in [2.45, 2.75) is 20.3 Å². The van der Waals surface area contributed by atoms with Gasteiger partial charge in [0.05, 0.1) is 0 Å². The molecule has 0 spiro atoms. The Morgan fingerprint density at radius 3 is 2.70 bits per heavy atom. The summed E-state index contributed by atoms with van der Waals surface area (Å²) in [5, 5.41) is 0.565. The summed E-state index contributed by atoms with van der Waals surface area (Å²) in [6.07, 6.45) is 0.924. The lowest BCUT2D eigenvalue weighted by molar-refractivity contribution is 0.627. The van der Waals surface area contributed by atoms with Gasteiger partial charge in [0, 0.05) is 18.0 Å². The predicted octanol–water partition coefficient (Wildman–Crippen LogP) is 1.32. The van der Waals surface area contributed by atoms with Crippen molar-refractivity contribution in [1.29, 1.82) is 0 Å². The fourth-order valence-corrected chi connectivity index (χ4v) is 1.18. The Kier molecular flexibility index (Phi) is 2.21. The number of nitrogen functional groups attached to an aromatic ring is 1. The van der Waals surface area contributed by atoms with Crippen LogP contribution in [0.1, 0.15) is 19.7 Å². The molecule has 1 aromatic heterocycles. The topological polar surface area (TPSA) is 51.8 Å². The second kappa shape index (κ2) is 2.96. The van der Waals surface area contributed by atoms with Crippen molar-refractivity contribution in [3.63, 3.8) is 0 Å². The molecule has 0 radical (unpaired) electrons. The van der Waals surface area contributed by atoms with Gasteiger partial charge in [-0.2, -0.15) is 4.37 Å². The van der Waals surface area contributed by atoms with Gasteiger partial charge in [-0.3, -0.25) is 0 Å². The van der Waals surface area contributed by atoms with Crippen LogP contribution in [0.5, 0.6) is 0 Å². The summed E-state index contributed by atoms with van der Waals surface area (Å²) in [5.74, 6) is 1.48. The lowest BCUT2D eigenvalue weighted by Gasteiger charge is -1.96. The van der Waals surface area contributed by atoms with Gasteiger partial charge in [-0.25, -0.2) is 4.98 Å². The fraction of sp³-hybridized carbons (Fsp3) is 0.667. The summed E-state index contributed by atoms with van der Waals surface area (Å²) >= 11 is 1.26. The maximum Gasteiger partial charge on any atom is 0.199 e. The van der Waals surface area contributed by atoms with Crippen LogP contribution >= 0.6 is 11.5 Å². The average molecular weight is 157 g/mol. The molecule has 0 aliphatic carbocycles. The first-order valence-corrected chi connectivity index (χ1v) is 4.04. The van der Waals surface area contributed by atoms with Gasteiger partial charge in [0.2, 0.25) is 0 Å². The summed E-state index contributed by atoms with van der Waals surface area (Å²) in [7, 11) is 0. The summed E-state index contributed by atoms with van der Waals surface area (Å²) in [4.78, 5) is 4.04. The molecule has 1 heterocycles. The first-order chi connectivity index (χ1) is 4.68. The SMILES string of the molecule is CC(C)Cc1nsc(N)n1. The Hall–Kier alpha value is -0.640. The van der Waals surface area contributed by atoms with E-state index in [4.69, 9.17) is 5.73 Å². The molecule has 0 saturated carbocycles. The van der Waals surface area contributed by atoms with Crippen LogP contribution in [-0.2, 0) is 6.42 Å². The predicted molar refractivity (Wildman–Crippen MR) is 42.9 cm³/mol. The third-order valence-corrected chi connectivity index (χ3v) is 1.66. The standard InChI is InChI=1S/C6H11N3S/c1-4(2)3-5-8-6(7)10-9-5/h4H,3H2,1-2H3,(H2,7,8,9). The van der Waals surface area contributed by atoms with Gasteiger partial charge >= 0.3 is 0 Å². The van der Waals surface area contributed by atoms with Crippen molar-refractivity contribution >= 4 is 16.7 Å². The largest absolute Gasteiger partial charge is 0.374 e. The number of aromatic nitrogens is 2. The first kappa shape index (κ1) is 7.47. The van der Waals surface area contributed by atoms with Crippen LogP contribution in [0.25, 0.3) is 0 Å². The Morgan fingerprint density at radius 2 is 2.30 bits per heavy atom. The van der Waals surface area contributed by atoms with E-state index < -0.39 is 0 Å². The van der Waals surface area contributed by atoms with Crippen LogP contribution in [0, 0.1) is 5.92 Å². The van der Waals surface area contributed by atoms with E-state index in [1.165, 1.54) is 11.5 Å². The van der Waals surface area contributed by atoms with Gasteiger partial charge in [0.1, 0.15) is 5.82 Å². The molecule has 0 amide bonds. The Bertz CT molecular complexity index is 207. The molecule has 0 aliphatic heterocycles. The normalized spacial score (nSPS) is 10.7. The van der Waals surface area contributed by atoms with Gasteiger partial charge in [0.25, 0.3) is 0 Å². The first-order valence-electron chi connectivity index (χ1n) is 3.26. The second-order valence-electron chi connectivity index (χ2n) is 2.65. The average Bonchev–Trinajstić information content (AvgIpc) is 2.13. The van der Waals surface area contributed by atoms with Crippen LogP contribution in [0.3, 0.4) is 0 Å². The van der Waals surface area contributed by atoms with E-state index >= 15 is 0 Å². The molecule has 1 rings (SSSR count). The molecule has 0 saturated heterocycles. The van der Waals surface area contributed by atoms with E-state index in [1.54, 1.807) is 0 Å². The van der Waals surface area contributed by atoms with Crippen molar-refractivity contribution in [2.24, 2.45) is 5.92 Å². The molecule has 10 heavy (non-hydrogen) atoms. The zero-order valence-electron chi connectivity index (χ0n) is 6.16. The van der Waals surface area contributed by atoms with Crippen LogP contribution in [0.4, 0.5) is 5.13 Å². The number of hydrogen-bond donors (Lipinski definition) is 1. The third-order valence-electron chi connectivity index (χ3n) is 1.07. The van der Waals surface area contributed by atoms with Gasteiger partial charge in [-0.15, -0.1) is 0 Å². The number of anilines is 1. The van der Waals surface area contributed by atoms with Crippen LogP contribution in [0.15, 0.2) is 0 Å². The molecule has 1 aromatic rings. The summed E-state index contributed by atoms with van der Waals surface area (Å²) < 4.78 is 4.06. The van der Waals surface area contributed by atoms with Gasteiger partial charge in [-0.05, 0) is 5.92 Å². The van der Waals surface area contributed by atoms with Crippen molar-refractivity contribution < 1.29 is 0 Å². The lowest BCUT2D eigenvalue weighted by Crippen LogP contribution is -1.96. The molecular formula is C6H11N3S. The highest BCUT2D eigenvalue weighted by Crippen LogP contribution is 2.09. The van der Waals surface area contributed by atoms with Gasteiger partial charge < -0.3 is 5.73 Å². The van der Waals surface area contributed by atoms with E-state index in [-0.39, 0.29) is 0 Å². The number of rotatable bonds is 2. The fourth-order valence-electron chi connectivity index (χ4n) is 0.716. The molecule has 0 atom stereocenters. The van der Waals surface area contributed by atoms with Crippen molar-refractivity contribution in [3.05, 3.63) is 5.82 Å². The number of hydrogen-bond acceptors (Lipinski definition) is 4. The molecule has 0 aromatic carbocycles. The molecule has 4 heteroatoms. The number of nitrogens with zero attached hydrogens (tertiary/aromatic N) is 2. The third kappa shape index (κ3) is 1.95. The Morgan fingerprint density at radius 1 is 1.60 bits per heavy atom. The Labute approximate surface area is 64.5 Å². The molecule has 0 fully saturated rings. The van der Waals surface area contributed by atoms with Crippen LogP contribution < -0.4 is 5.73 Å². The van der Waals surface area contributed by atoms with Crippen molar-refractivity contribution in [1.82, 2.24) is 9.36 Å². The minimum absolute atomic E-state index is 0.565. The monoisotopic (exact) mass is 157 g/mol. The molecule has 0 bridgehead atoms. The lowest BCUT2D eigenvalue weighted by atomic mass is 10.1. The minimum atomic E-state index is 0.565. The van der Waals surface area contributed by atoms with Crippen molar-refractivity contribution in [3.8, 4) is 0 Å². The second-order valence-corrected chi connectivity index (χ2v) is 3.43. The molecule has 3 nitrogen and oxygen atoms in total. The van der Waals surface area contributed by atoms with Gasteiger partial charge in [0.15, 0.2) is 5.13 Å². The number of nitrogens with two attached hydrogens (primary N) is 1. The van der Waals surface area contributed by atoms with E-state index in [0.29, 0.717) is 11.0 Å². The minimum Gasteiger partial charge on any atom is -0.374 e. The zero-order valence-corrected chi connectivity index (χ0v) is 6.98. The molecular weight excluding hydrogens is 146 g/mol. The highest BCUT2D eigenvalue weighted by atomic mass is 32.1. The Balaban J connectivity index is 2.58. The van der Waals surface area contributed by atoms with E-state index in [2.05, 4.69) is 23.2 Å². The van der Waals surface area contributed by atoms with Crippen LogP contribution in [0.2, 0.25) is 0 Å². The molecule has 56 valence electrons. The molecule has 2 N–H and O–H groups in total. The highest BCUT2D eigenvalue weighted by Gasteiger charge is 2.02. The molecule has 0 unspecified atom stereocenters. The smallest absolute Gasteiger partial charge is 0.199 e. The highest BCUT2D eigenvalue weighted by molar-refractivity contribution is 7.09. The zero-order chi connectivity index (χ0) is 7.56. The maximum atomic E-state index is 5.40. The maximum absolute atomic E-state index is 5.40. The molecule has 0 aliphatic rings. The summed E-state index contributed by atoms with van der Waals surface area (Å²) in [6, 6.07) is 0.